The van der Waals surface area contributed by atoms with E-state index in [9.17, 15) is 19.5 Å². The van der Waals surface area contributed by atoms with Crippen LogP contribution in [-0.2, 0) is 43.5 Å². The first-order valence-corrected chi connectivity index (χ1v) is 10.8. The van der Waals surface area contributed by atoms with Gasteiger partial charge in [-0.25, -0.2) is 0 Å². The topological polar surface area (TPSA) is 140 Å². The summed E-state index contributed by atoms with van der Waals surface area (Å²) < 4.78 is 14.7. The minimum atomic E-state index is -0.941. The predicted octanol–water partition coefficient (Wildman–Crippen LogP) is 4.05. The molecule has 0 saturated carbocycles. The van der Waals surface area contributed by atoms with Crippen molar-refractivity contribution in [3.63, 3.8) is 0 Å². The molecule has 0 unspecified atom stereocenters. The molecule has 3 rings (SSSR count). The third-order valence-electron chi connectivity index (χ3n) is 5.12. The number of aromatic hydroxyl groups is 2. The first-order chi connectivity index (χ1) is 17.2. The largest absolute Gasteiger partial charge is 0.508 e. The van der Waals surface area contributed by atoms with Crippen LogP contribution >= 0.6 is 0 Å². The highest BCUT2D eigenvalue weighted by atomic mass is 16.5. The van der Waals surface area contributed by atoms with Crippen molar-refractivity contribution in [3.05, 3.63) is 76.3 Å². The van der Waals surface area contributed by atoms with E-state index in [1.54, 1.807) is 55.5 Å². The summed E-state index contributed by atoms with van der Waals surface area (Å²) in [5, 5.41) is 28.4. The summed E-state index contributed by atoms with van der Waals surface area (Å²) in [5.41, 5.74) is 4.64. The third-order valence-corrected chi connectivity index (χ3v) is 5.12. The standard InChI is InChI=1S/C19H20O6.C8H8O3/c1-11-4-14(9-25-10-20)7-15(18(11)23)16-6-13(8-17(21)22)5-12(2)19(16)24-3;9-6-11-5-7-1-3-8(10)4-2-7/h4-7,10,23H,8-9H2,1-3H3,(H,21,22);1-4,6,10H,5H2. The van der Waals surface area contributed by atoms with Crippen molar-refractivity contribution in [2.24, 2.45) is 0 Å². The SMILES string of the molecule is COc1c(C)cc(CC(=O)O)cc1-c1cc(COC=O)cc(C)c1O.O=COCc1ccc(O)cc1. The van der Waals surface area contributed by atoms with Crippen LogP contribution in [0.1, 0.15) is 27.8 Å². The molecule has 0 saturated heterocycles. The number of hydrogen-bond donors (Lipinski definition) is 3. The zero-order valence-corrected chi connectivity index (χ0v) is 20.2. The average molecular weight is 497 g/mol. The molecule has 0 heterocycles. The number of aliphatic carboxylic acids is 1. The van der Waals surface area contributed by atoms with E-state index in [1.165, 1.54) is 7.11 Å². The van der Waals surface area contributed by atoms with Crippen LogP contribution in [0.2, 0.25) is 0 Å². The van der Waals surface area contributed by atoms with E-state index in [0.29, 0.717) is 46.5 Å². The molecule has 0 radical (unpaired) electrons. The van der Waals surface area contributed by atoms with Gasteiger partial charge in [0.15, 0.2) is 0 Å². The summed E-state index contributed by atoms with van der Waals surface area (Å²) in [4.78, 5) is 31.2. The minimum Gasteiger partial charge on any atom is -0.508 e. The quantitative estimate of drug-likeness (QED) is 0.355. The second-order valence-corrected chi connectivity index (χ2v) is 7.85. The maximum Gasteiger partial charge on any atom is 0.307 e. The number of phenols is 2. The average Bonchev–Trinajstić information content (AvgIpc) is 2.84. The van der Waals surface area contributed by atoms with Crippen molar-refractivity contribution in [1.82, 2.24) is 0 Å². The molecule has 190 valence electrons. The second kappa shape index (κ2) is 13.4. The number of ether oxygens (including phenoxy) is 3. The Morgan fingerprint density at radius 2 is 1.36 bits per heavy atom. The van der Waals surface area contributed by atoms with Crippen LogP contribution in [0.25, 0.3) is 11.1 Å². The maximum absolute atomic E-state index is 11.0. The Balaban J connectivity index is 0.000000346. The fraction of sp³-hybridized carbons (Fsp3) is 0.222. The van der Waals surface area contributed by atoms with Gasteiger partial charge in [0.25, 0.3) is 12.9 Å². The van der Waals surface area contributed by atoms with E-state index in [-0.39, 0.29) is 31.1 Å². The summed E-state index contributed by atoms with van der Waals surface area (Å²) >= 11 is 0. The van der Waals surface area contributed by atoms with Crippen molar-refractivity contribution < 1.29 is 43.9 Å². The van der Waals surface area contributed by atoms with Crippen molar-refractivity contribution in [3.8, 4) is 28.4 Å². The first kappa shape index (κ1) is 27.7. The van der Waals surface area contributed by atoms with Crippen molar-refractivity contribution in [1.29, 1.82) is 0 Å². The first-order valence-electron chi connectivity index (χ1n) is 10.8. The molecule has 3 aromatic carbocycles. The number of carbonyl (C=O) groups is 3. The van der Waals surface area contributed by atoms with Crippen LogP contribution in [-0.4, -0.2) is 41.3 Å². The Hall–Kier alpha value is -4.53. The van der Waals surface area contributed by atoms with E-state index >= 15 is 0 Å². The van der Waals surface area contributed by atoms with Crippen molar-refractivity contribution in [2.45, 2.75) is 33.5 Å². The normalized spacial score (nSPS) is 9.97. The van der Waals surface area contributed by atoms with Crippen LogP contribution in [0.3, 0.4) is 0 Å². The molecule has 3 N–H and O–H groups in total. The van der Waals surface area contributed by atoms with Gasteiger partial charge in [0.1, 0.15) is 30.5 Å². The van der Waals surface area contributed by atoms with Crippen LogP contribution in [0.4, 0.5) is 0 Å². The van der Waals surface area contributed by atoms with Crippen LogP contribution in [0.5, 0.6) is 17.2 Å². The molecule has 0 aliphatic heterocycles. The molecule has 3 aromatic rings. The molecule has 0 fully saturated rings. The Kier molecular flexibility index (Phi) is 10.3. The predicted molar refractivity (Wildman–Crippen MR) is 131 cm³/mol. The Morgan fingerprint density at radius 3 is 1.92 bits per heavy atom. The van der Waals surface area contributed by atoms with Crippen LogP contribution < -0.4 is 4.74 Å². The maximum atomic E-state index is 11.0. The number of carboxylic acids is 1. The lowest BCUT2D eigenvalue weighted by molar-refractivity contribution is -0.136. The second-order valence-electron chi connectivity index (χ2n) is 7.85. The van der Waals surface area contributed by atoms with Gasteiger partial charge in [-0.3, -0.25) is 14.4 Å². The van der Waals surface area contributed by atoms with Gasteiger partial charge in [-0.2, -0.15) is 0 Å². The lowest BCUT2D eigenvalue weighted by Crippen LogP contribution is -2.02. The number of benzene rings is 3. The van der Waals surface area contributed by atoms with Crippen LogP contribution in [0, 0.1) is 13.8 Å². The molecule has 0 atom stereocenters. The number of carboxylic acid groups (broad SMARTS) is 1. The van der Waals surface area contributed by atoms with Gasteiger partial charge < -0.3 is 29.5 Å². The van der Waals surface area contributed by atoms with Gasteiger partial charge in [-0.05, 0) is 72.0 Å². The molecule has 0 amide bonds. The van der Waals surface area contributed by atoms with Crippen molar-refractivity contribution in [2.75, 3.05) is 7.11 Å². The molecular weight excluding hydrogens is 468 g/mol. The molecule has 0 bridgehead atoms. The smallest absolute Gasteiger partial charge is 0.307 e. The Labute approximate surface area is 208 Å². The summed E-state index contributed by atoms with van der Waals surface area (Å²) in [6.07, 6.45) is -0.133. The fourth-order valence-electron chi connectivity index (χ4n) is 3.59. The summed E-state index contributed by atoms with van der Waals surface area (Å²) in [6.45, 7) is 4.64. The number of methoxy groups -OCH3 is 1. The minimum absolute atomic E-state index is 0.0695. The molecule has 36 heavy (non-hydrogen) atoms. The van der Waals surface area contributed by atoms with E-state index in [0.717, 1.165) is 11.1 Å². The molecule has 0 aliphatic carbocycles. The molecule has 0 aromatic heterocycles. The molecule has 0 aliphatic rings. The van der Waals surface area contributed by atoms with E-state index in [4.69, 9.17) is 19.7 Å². The van der Waals surface area contributed by atoms with E-state index in [1.807, 2.05) is 6.92 Å². The Morgan fingerprint density at radius 1 is 0.806 bits per heavy atom. The van der Waals surface area contributed by atoms with Crippen molar-refractivity contribution >= 4 is 18.9 Å². The number of phenolic OH excluding ortho intramolecular Hbond substituents is 2. The number of rotatable bonds is 10. The van der Waals surface area contributed by atoms with Gasteiger partial charge in [-0.1, -0.05) is 18.2 Å². The Bertz CT molecular complexity index is 1200. The monoisotopic (exact) mass is 496 g/mol. The third kappa shape index (κ3) is 7.76. The lowest BCUT2D eigenvalue weighted by atomic mass is 9.94. The van der Waals surface area contributed by atoms with Gasteiger partial charge in [-0.15, -0.1) is 0 Å². The lowest BCUT2D eigenvalue weighted by Gasteiger charge is -2.17. The highest BCUT2D eigenvalue weighted by Crippen LogP contribution is 2.41. The number of aryl methyl sites for hydroxylation is 2. The summed E-state index contributed by atoms with van der Waals surface area (Å²) in [7, 11) is 1.52. The van der Waals surface area contributed by atoms with Gasteiger partial charge in [0.2, 0.25) is 0 Å². The highest BCUT2D eigenvalue weighted by Gasteiger charge is 2.17. The van der Waals surface area contributed by atoms with Gasteiger partial charge in [0.05, 0.1) is 13.5 Å². The summed E-state index contributed by atoms with van der Waals surface area (Å²) in [5.74, 6) is -0.110. The van der Waals surface area contributed by atoms with Gasteiger partial charge in [0, 0.05) is 11.1 Å². The van der Waals surface area contributed by atoms with E-state index < -0.39 is 5.97 Å². The molecule has 9 nitrogen and oxygen atoms in total. The molecule has 0 spiro atoms. The number of carbonyl (C=O) groups excluding carboxylic acids is 2. The zero-order valence-electron chi connectivity index (χ0n) is 20.2. The highest BCUT2D eigenvalue weighted by molar-refractivity contribution is 5.80. The van der Waals surface area contributed by atoms with Gasteiger partial charge >= 0.3 is 5.97 Å². The van der Waals surface area contributed by atoms with Crippen LogP contribution in [0.15, 0.2) is 48.5 Å². The number of hydrogen-bond acceptors (Lipinski definition) is 8. The zero-order chi connectivity index (χ0) is 26.7. The summed E-state index contributed by atoms with van der Waals surface area (Å²) in [6, 6.07) is 13.3. The molecular formula is C27H28O9. The van der Waals surface area contributed by atoms with E-state index in [2.05, 4.69) is 4.74 Å². The molecule has 9 heteroatoms. The fourth-order valence-corrected chi connectivity index (χ4v) is 3.59.